The van der Waals surface area contributed by atoms with E-state index in [1.165, 1.54) is 4.90 Å². The Morgan fingerprint density at radius 2 is 2.17 bits per heavy atom. The van der Waals surface area contributed by atoms with Gasteiger partial charge in [0.1, 0.15) is 6.10 Å². The van der Waals surface area contributed by atoms with Crippen molar-refractivity contribution in [3.05, 3.63) is 12.1 Å². The number of nitrogens with one attached hydrogen (secondary N) is 1. The molecule has 4 amide bonds. The summed E-state index contributed by atoms with van der Waals surface area (Å²) in [6, 6.07) is 3.00. The number of ether oxygens (including phenoxy) is 1. The van der Waals surface area contributed by atoms with E-state index in [4.69, 9.17) is 4.74 Å². The molecule has 3 rings (SSSR count). The van der Waals surface area contributed by atoms with E-state index in [1.54, 1.807) is 11.0 Å². The zero-order chi connectivity index (χ0) is 16.4. The molecular weight excluding hydrogens is 300 g/mol. The van der Waals surface area contributed by atoms with Crippen molar-refractivity contribution in [1.82, 2.24) is 25.3 Å². The minimum Gasteiger partial charge on any atom is -0.471 e. The third-order valence-corrected chi connectivity index (χ3v) is 3.87. The Morgan fingerprint density at radius 1 is 1.35 bits per heavy atom. The lowest BCUT2D eigenvalue weighted by Crippen LogP contribution is -2.44. The molecule has 0 bridgehead atoms. The van der Waals surface area contributed by atoms with Crippen LogP contribution >= 0.6 is 0 Å². The fourth-order valence-corrected chi connectivity index (χ4v) is 2.61. The summed E-state index contributed by atoms with van der Waals surface area (Å²) in [4.78, 5) is 28.5. The van der Waals surface area contributed by atoms with Crippen LogP contribution in [-0.4, -0.2) is 78.4 Å². The van der Waals surface area contributed by atoms with E-state index in [2.05, 4.69) is 15.5 Å². The van der Waals surface area contributed by atoms with Gasteiger partial charge in [0.05, 0.1) is 6.54 Å². The first-order valence-electron chi connectivity index (χ1n) is 7.56. The molecule has 0 aliphatic carbocycles. The fourth-order valence-electron chi connectivity index (χ4n) is 2.61. The quantitative estimate of drug-likeness (QED) is 0.852. The number of urea groups is 2. The van der Waals surface area contributed by atoms with Crippen LogP contribution in [0.3, 0.4) is 0 Å². The van der Waals surface area contributed by atoms with Crippen molar-refractivity contribution < 1.29 is 14.3 Å². The highest BCUT2D eigenvalue weighted by Crippen LogP contribution is 2.19. The average Bonchev–Trinajstić information content (AvgIpc) is 3.16. The van der Waals surface area contributed by atoms with Crippen molar-refractivity contribution >= 4 is 17.9 Å². The van der Waals surface area contributed by atoms with E-state index in [-0.39, 0.29) is 18.2 Å². The molecule has 9 nitrogen and oxygen atoms in total. The maximum atomic E-state index is 12.3. The van der Waals surface area contributed by atoms with Gasteiger partial charge in [-0.15, -0.1) is 10.2 Å². The van der Waals surface area contributed by atoms with E-state index in [0.29, 0.717) is 38.5 Å². The Hall–Kier alpha value is -2.58. The van der Waals surface area contributed by atoms with Gasteiger partial charge in [0, 0.05) is 46.2 Å². The van der Waals surface area contributed by atoms with Gasteiger partial charge in [0.2, 0.25) is 5.88 Å². The molecule has 1 N–H and O–H groups in total. The molecule has 2 fully saturated rings. The lowest BCUT2D eigenvalue weighted by Gasteiger charge is -2.21. The Bertz CT molecular complexity index is 591. The third kappa shape index (κ3) is 3.27. The zero-order valence-corrected chi connectivity index (χ0v) is 13.2. The molecule has 3 heterocycles. The van der Waals surface area contributed by atoms with Gasteiger partial charge in [-0.2, -0.15) is 0 Å². The zero-order valence-electron chi connectivity index (χ0n) is 13.2. The van der Waals surface area contributed by atoms with Gasteiger partial charge in [-0.3, -0.25) is 0 Å². The van der Waals surface area contributed by atoms with Crippen molar-refractivity contribution in [3.8, 4) is 5.88 Å². The van der Waals surface area contributed by atoms with Crippen molar-refractivity contribution in [1.29, 1.82) is 0 Å². The van der Waals surface area contributed by atoms with E-state index in [1.807, 2.05) is 25.1 Å². The first-order valence-corrected chi connectivity index (χ1v) is 7.56. The second-order valence-corrected chi connectivity index (χ2v) is 5.76. The standard InChI is InChI=1S/C14H20N6O3/c1-18(2)11-3-4-12(17-16-11)23-10-5-7-19(9-10)14(22)20-8-6-15-13(20)21/h3-4,10H,5-9H2,1-2H3,(H,15,21)/t10-/m1/s1. The molecule has 0 unspecified atom stereocenters. The molecule has 1 aromatic rings. The molecular formula is C14H20N6O3. The molecule has 2 aliphatic heterocycles. The number of carbonyl (C=O) groups excluding carboxylic acids is 2. The van der Waals surface area contributed by atoms with Crippen LogP contribution in [0.15, 0.2) is 12.1 Å². The summed E-state index contributed by atoms with van der Waals surface area (Å²) in [5.74, 6) is 1.19. The molecule has 0 spiro atoms. The summed E-state index contributed by atoms with van der Waals surface area (Å²) in [7, 11) is 3.78. The van der Waals surface area contributed by atoms with E-state index in [9.17, 15) is 9.59 Å². The number of rotatable bonds is 3. The monoisotopic (exact) mass is 320 g/mol. The maximum Gasteiger partial charge on any atom is 0.328 e. The van der Waals surface area contributed by atoms with Crippen LogP contribution < -0.4 is 15.0 Å². The second kappa shape index (κ2) is 6.27. The van der Waals surface area contributed by atoms with E-state index < -0.39 is 0 Å². The highest BCUT2D eigenvalue weighted by atomic mass is 16.5. The minimum absolute atomic E-state index is 0.135. The molecule has 23 heavy (non-hydrogen) atoms. The highest BCUT2D eigenvalue weighted by molar-refractivity contribution is 5.95. The van der Waals surface area contributed by atoms with Crippen LogP contribution in [0.4, 0.5) is 15.4 Å². The largest absolute Gasteiger partial charge is 0.471 e. The van der Waals surface area contributed by atoms with Crippen molar-refractivity contribution in [2.45, 2.75) is 12.5 Å². The SMILES string of the molecule is CN(C)c1ccc(O[C@@H]2CCN(C(=O)N3CCNC3=O)C2)nn1. The summed E-state index contributed by atoms with van der Waals surface area (Å²) in [6.45, 7) is 1.93. The lowest BCUT2D eigenvalue weighted by atomic mass is 10.3. The van der Waals surface area contributed by atoms with Crippen LogP contribution in [-0.2, 0) is 0 Å². The van der Waals surface area contributed by atoms with Gasteiger partial charge in [-0.25, -0.2) is 14.5 Å². The normalized spacial score (nSPS) is 20.6. The number of anilines is 1. The highest BCUT2D eigenvalue weighted by Gasteiger charge is 2.35. The molecule has 0 radical (unpaired) electrons. The van der Waals surface area contributed by atoms with E-state index in [0.717, 1.165) is 5.82 Å². The number of imide groups is 1. The second-order valence-electron chi connectivity index (χ2n) is 5.76. The molecule has 1 aromatic heterocycles. The molecule has 124 valence electrons. The van der Waals surface area contributed by atoms with Gasteiger partial charge in [0.15, 0.2) is 5.82 Å². The smallest absolute Gasteiger partial charge is 0.328 e. The number of likely N-dealkylation sites (tertiary alicyclic amines) is 1. The van der Waals surface area contributed by atoms with Crippen LogP contribution in [0.2, 0.25) is 0 Å². The number of nitrogens with zero attached hydrogens (tertiary/aromatic N) is 5. The van der Waals surface area contributed by atoms with Crippen molar-refractivity contribution in [2.75, 3.05) is 45.2 Å². The molecule has 0 saturated carbocycles. The maximum absolute atomic E-state index is 12.3. The number of hydrogen-bond donors (Lipinski definition) is 1. The number of carbonyl (C=O) groups is 2. The number of hydrogen-bond acceptors (Lipinski definition) is 6. The van der Waals surface area contributed by atoms with Gasteiger partial charge >= 0.3 is 12.1 Å². The molecule has 0 aromatic carbocycles. The number of amides is 4. The summed E-state index contributed by atoms with van der Waals surface area (Å²) >= 11 is 0. The molecule has 1 atom stereocenters. The van der Waals surface area contributed by atoms with Crippen molar-refractivity contribution in [2.24, 2.45) is 0 Å². The Labute approximate surface area is 134 Å². The molecule has 9 heteroatoms. The fraction of sp³-hybridized carbons (Fsp3) is 0.571. The topological polar surface area (TPSA) is 90.9 Å². The first kappa shape index (κ1) is 15.3. The summed E-state index contributed by atoms with van der Waals surface area (Å²) in [5.41, 5.74) is 0. The summed E-state index contributed by atoms with van der Waals surface area (Å²) in [6.07, 6.45) is 0.572. The Balaban J connectivity index is 1.55. The van der Waals surface area contributed by atoms with Gasteiger partial charge < -0.3 is 19.9 Å². The molecule has 2 saturated heterocycles. The first-order chi connectivity index (χ1) is 11.0. The van der Waals surface area contributed by atoms with Crippen LogP contribution in [0.25, 0.3) is 0 Å². The van der Waals surface area contributed by atoms with Crippen molar-refractivity contribution in [3.63, 3.8) is 0 Å². The predicted molar refractivity (Wildman–Crippen MR) is 82.5 cm³/mol. The number of aromatic nitrogens is 2. The van der Waals surface area contributed by atoms with Gasteiger partial charge in [-0.1, -0.05) is 0 Å². The minimum atomic E-state index is -0.329. The average molecular weight is 320 g/mol. The lowest BCUT2D eigenvalue weighted by molar-refractivity contribution is 0.160. The van der Waals surface area contributed by atoms with Crippen LogP contribution in [0, 0.1) is 0 Å². The van der Waals surface area contributed by atoms with E-state index >= 15 is 0 Å². The Morgan fingerprint density at radius 3 is 2.78 bits per heavy atom. The Kier molecular flexibility index (Phi) is 4.18. The van der Waals surface area contributed by atoms with Crippen LogP contribution in [0.1, 0.15) is 6.42 Å². The third-order valence-electron chi connectivity index (χ3n) is 3.87. The molecule has 2 aliphatic rings. The summed E-state index contributed by atoms with van der Waals surface area (Å²) < 4.78 is 5.77. The van der Waals surface area contributed by atoms with Crippen LogP contribution in [0.5, 0.6) is 5.88 Å². The van der Waals surface area contributed by atoms with Gasteiger partial charge in [-0.05, 0) is 6.07 Å². The summed E-state index contributed by atoms with van der Waals surface area (Å²) in [5, 5.41) is 10.7. The predicted octanol–water partition coefficient (Wildman–Crippen LogP) is 0.141. The van der Waals surface area contributed by atoms with Gasteiger partial charge in [0.25, 0.3) is 0 Å².